The van der Waals surface area contributed by atoms with Crippen LogP contribution in [-0.2, 0) is 19.2 Å². The SMILES string of the molecule is COc1ccc(OC)c(C=Cc2ccc(N3C(=O)C4CC=C5C(CC6C(=O)N(c7ccc(F)c(Cl)c7)C(=O)C6(C)C5c5ccc(O)c(C)c5)C4C3=O)cc2)c1. The lowest BCUT2D eigenvalue weighted by molar-refractivity contribution is -0.131. The van der Waals surface area contributed by atoms with Gasteiger partial charge in [-0.2, -0.15) is 0 Å². The maximum absolute atomic E-state index is 14.6. The normalized spacial score (nSPS) is 25.9. The van der Waals surface area contributed by atoms with Crippen LogP contribution in [0.5, 0.6) is 17.2 Å². The number of carbonyl (C=O) groups excluding carboxylic acids is 4. The van der Waals surface area contributed by atoms with Crippen molar-refractivity contribution in [2.45, 2.75) is 32.6 Å². The fraction of sp³-hybridized carbons (Fsp3) is 0.273. The second-order valence-electron chi connectivity index (χ2n) is 14.9. The Hall–Kier alpha value is -5.74. The number of halogens is 2. The predicted octanol–water partition coefficient (Wildman–Crippen LogP) is 8.12. The number of ether oxygens (including phenoxy) is 2. The van der Waals surface area contributed by atoms with Gasteiger partial charge in [-0.3, -0.25) is 24.1 Å². The molecule has 4 amide bonds. The van der Waals surface area contributed by atoms with Crippen molar-refractivity contribution in [3.63, 3.8) is 0 Å². The fourth-order valence-electron chi connectivity index (χ4n) is 9.27. The summed E-state index contributed by atoms with van der Waals surface area (Å²) in [5.41, 5.74) is 3.09. The van der Waals surface area contributed by atoms with Crippen molar-refractivity contribution >= 4 is 58.8 Å². The number of hydrogen-bond donors (Lipinski definition) is 1. The summed E-state index contributed by atoms with van der Waals surface area (Å²) in [4.78, 5) is 60.0. The monoisotopic (exact) mass is 760 g/mol. The van der Waals surface area contributed by atoms with E-state index in [2.05, 4.69) is 0 Å². The van der Waals surface area contributed by atoms with E-state index in [-0.39, 0.29) is 41.1 Å². The van der Waals surface area contributed by atoms with Gasteiger partial charge in [-0.25, -0.2) is 9.29 Å². The molecule has 2 heterocycles. The van der Waals surface area contributed by atoms with E-state index in [0.29, 0.717) is 28.3 Å². The maximum atomic E-state index is 14.6. The van der Waals surface area contributed by atoms with E-state index in [1.807, 2.05) is 48.6 Å². The van der Waals surface area contributed by atoms with Crippen LogP contribution in [0.3, 0.4) is 0 Å². The number of fused-ring (bicyclic) bond motifs is 4. The van der Waals surface area contributed by atoms with E-state index in [1.54, 1.807) is 58.4 Å². The number of allylic oxidation sites excluding steroid dienone is 2. The molecular formula is C44H38ClFN2O7. The summed E-state index contributed by atoms with van der Waals surface area (Å²) < 4.78 is 25.0. The third-order valence-electron chi connectivity index (χ3n) is 12.0. The molecule has 11 heteroatoms. The first-order valence-electron chi connectivity index (χ1n) is 18.1. The van der Waals surface area contributed by atoms with Crippen molar-refractivity contribution in [3.8, 4) is 17.2 Å². The quantitative estimate of drug-likeness (QED) is 0.115. The zero-order chi connectivity index (χ0) is 38.9. The Morgan fingerprint density at radius 3 is 2.27 bits per heavy atom. The van der Waals surface area contributed by atoms with Crippen molar-refractivity contribution in [2.75, 3.05) is 24.0 Å². The molecular weight excluding hydrogens is 723 g/mol. The predicted molar refractivity (Wildman–Crippen MR) is 206 cm³/mol. The zero-order valence-electron chi connectivity index (χ0n) is 30.6. The molecule has 2 aliphatic heterocycles. The molecule has 55 heavy (non-hydrogen) atoms. The average Bonchev–Trinajstić information content (AvgIpc) is 3.55. The number of aryl methyl sites for hydroxylation is 1. The second-order valence-corrected chi connectivity index (χ2v) is 15.3. The summed E-state index contributed by atoms with van der Waals surface area (Å²) in [5, 5.41) is 10.2. The van der Waals surface area contributed by atoms with Gasteiger partial charge in [-0.1, -0.05) is 59.7 Å². The first kappa shape index (κ1) is 36.2. The van der Waals surface area contributed by atoms with Crippen LogP contribution in [0.4, 0.5) is 15.8 Å². The molecule has 4 aromatic carbocycles. The van der Waals surface area contributed by atoms with E-state index in [4.69, 9.17) is 21.1 Å². The number of carbonyl (C=O) groups is 4. The minimum atomic E-state index is -1.29. The summed E-state index contributed by atoms with van der Waals surface area (Å²) in [6.45, 7) is 3.53. The number of phenolic OH excluding ortho intramolecular Hbond substituents is 1. The largest absolute Gasteiger partial charge is 0.508 e. The van der Waals surface area contributed by atoms with Gasteiger partial charge in [0.25, 0.3) is 0 Å². The van der Waals surface area contributed by atoms with Crippen molar-refractivity contribution in [3.05, 3.63) is 124 Å². The standard InChI is InChI=1S/C44H38ClFN2O7/c1-23-19-26(9-17-36(23)49)39-30-14-15-31-38(32(30)22-33-41(51)48(43(53)44(33,39)2)28-12-16-35(46)34(45)21-28)42(52)47(40(31)50)27-10-6-24(7-11-27)5-8-25-20-29(54-3)13-18-37(25)55-4/h5-14,16-21,31-33,38-39,49H,15,22H2,1-4H3. The van der Waals surface area contributed by atoms with Gasteiger partial charge in [0.15, 0.2) is 0 Å². The number of nitrogens with zero attached hydrogens (tertiary/aromatic N) is 2. The summed E-state index contributed by atoms with van der Waals surface area (Å²) in [6, 6.07) is 21.5. The van der Waals surface area contributed by atoms with Gasteiger partial charge >= 0.3 is 0 Å². The van der Waals surface area contributed by atoms with Crippen molar-refractivity contribution in [1.82, 2.24) is 0 Å². The van der Waals surface area contributed by atoms with E-state index >= 15 is 0 Å². The zero-order valence-corrected chi connectivity index (χ0v) is 31.3. The molecule has 1 N–H and O–H groups in total. The molecule has 6 unspecified atom stereocenters. The highest BCUT2D eigenvalue weighted by Crippen LogP contribution is 2.64. The van der Waals surface area contributed by atoms with Gasteiger partial charge in [0.1, 0.15) is 23.1 Å². The molecule has 0 radical (unpaired) electrons. The second kappa shape index (κ2) is 13.5. The molecule has 6 atom stereocenters. The number of rotatable bonds is 7. The Morgan fingerprint density at radius 2 is 1.58 bits per heavy atom. The Labute approximate surface area is 322 Å². The van der Waals surface area contributed by atoms with E-state index < -0.39 is 52.6 Å². The molecule has 1 saturated carbocycles. The molecule has 4 aromatic rings. The van der Waals surface area contributed by atoms with E-state index in [1.165, 1.54) is 17.0 Å². The third-order valence-corrected chi connectivity index (χ3v) is 12.3. The van der Waals surface area contributed by atoms with Crippen LogP contribution in [0.25, 0.3) is 12.2 Å². The highest BCUT2D eigenvalue weighted by molar-refractivity contribution is 6.32. The molecule has 2 aliphatic carbocycles. The van der Waals surface area contributed by atoms with Crippen LogP contribution in [0.1, 0.15) is 47.9 Å². The first-order valence-corrected chi connectivity index (χ1v) is 18.5. The molecule has 2 saturated heterocycles. The molecule has 9 nitrogen and oxygen atoms in total. The van der Waals surface area contributed by atoms with Crippen LogP contribution in [0.2, 0.25) is 5.02 Å². The van der Waals surface area contributed by atoms with Crippen molar-refractivity contribution in [2.24, 2.45) is 29.1 Å². The summed E-state index contributed by atoms with van der Waals surface area (Å²) >= 11 is 6.11. The lowest BCUT2D eigenvalue weighted by Gasteiger charge is -2.49. The van der Waals surface area contributed by atoms with Crippen LogP contribution >= 0.6 is 11.6 Å². The summed E-state index contributed by atoms with van der Waals surface area (Å²) in [5.74, 6) is -4.26. The van der Waals surface area contributed by atoms with E-state index in [0.717, 1.165) is 27.7 Å². The highest BCUT2D eigenvalue weighted by atomic mass is 35.5. The molecule has 8 rings (SSSR count). The van der Waals surface area contributed by atoms with Crippen LogP contribution in [0.15, 0.2) is 90.5 Å². The molecule has 0 spiro atoms. The molecule has 3 fully saturated rings. The van der Waals surface area contributed by atoms with Gasteiger partial charge in [-0.15, -0.1) is 0 Å². The van der Waals surface area contributed by atoms with Gasteiger partial charge in [0.2, 0.25) is 23.6 Å². The van der Waals surface area contributed by atoms with E-state index in [9.17, 15) is 28.7 Å². The highest BCUT2D eigenvalue weighted by Gasteiger charge is 2.67. The molecule has 0 aromatic heterocycles. The Kier molecular flexibility index (Phi) is 8.92. The van der Waals surface area contributed by atoms with Gasteiger partial charge in [-0.05, 0) is 104 Å². The summed E-state index contributed by atoms with van der Waals surface area (Å²) in [6.07, 6.45) is 6.22. The minimum absolute atomic E-state index is 0.0839. The number of anilines is 2. The first-order chi connectivity index (χ1) is 26.4. The summed E-state index contributed by atoms with van der Waals surface area (Å²) in [7, 11) is 3.19. The van der Waals surface area contributed by atoms with Crippen LogP contribution < -0.4 is 19.3 Å². The Morgan fingerprint density at radius 1 is 0.836 bits per heavy atom. The fourth-order valence-corrected chi connectivity index (χ4v) is 9.44. The van der Waals surface area contributed by atoms with Gasteiger partial charge in [0.05, 0.1) is 53.8 Å². The number of benzene rings is 4. The third kappa shape index (κ3) is 5.64. The van der Waals surface area contributed by atoms with Crippen molar-refractivity contribution < 1.29 is 38.1 Å². The van der Waals surface area contributed by atoms with Gasteiger partial charge in [0, 0.05) is 11.5 Å². The van der Waals surface area contributed by atoms with Gasteiger partial charge < -0.3 is 14.6 Å². The van der Waals surface area contributed by atoms with Crippen molar-refractivity contribution in [1.29, 1.82) is 0 Å². The Bertz CT molecular complexity index is 2360. The van der Waals surface area contributed by atoms with Crippen LogP contribution in [0, 0.1) is 41.8 Å². The lowest BCUT2D eigenvalue weighted by atomic mass is 9.51. The average molecular weight is 761 g/mol. The van der Waals surface area contributed by atoms with Crippen LogP contribution in [-0.4, -0.2) is 43.0 Å². The number of aromatic hydroxyl groups is 1. The number of hydrogen-bond acceptors (Lipinski definition) is 7. The minimum Gasteiger partial charge on any atom is -0.508 e. The topological polar surface area (TPSA) is 113 Å². The number of amides is 4. The number of phenols is 1. The smallest absolute Gasteiger partial charge is 0.241 e. The molecule has 0 bridgehead atoms. The number of methoxy groups -OCH3 is 2. The lowest BCUT2D eigenvalue weighted by Crippen LogP contribution is -2.48. The molecule has 4 aliphatic rings. The molecule has 280 valence electrons. The maximum Gasteiger partial charge on any atom is 0.241 e. The number of imide groups is 2. The Balaban J connectivity index is 1.14.